The van der Waals surface area contributed by atoms with Crippen molar-refractivity contribution in [2.24, 2.45) is 0 Å². The van der Waals surface area contributed by atoms with Gasteiger partial charge in [0.1, 0.15) is 9.84 Å². The van der Waals surface area contributed by atoms with E-state index in [2.05, 4.69) is 31.3 Å². The number of aryl methyl sites for hydroxylation is 1. The van der Waals surface area contributed by atoms with Crippen LogP contribution in [0.1, 0.15) is 35.6 Å². The molecule has 0 aromatic heterocycles. The Bertz CT molecular complexity index is 655. The molecule has 1 aromatic rings. The molecule has 1 N–H and O–H groups in total. The zero-order valence-corrected chi connectivity index (χ0v) is 14.2. The second-order valence-electron chi connectivity index (χ2n) is 6.00. The molecule has 1 aliphatic rings. The number of urea groups is 1. The highest BCUT2D eigenvalue weighted by Gasteiger charge is 2.30. The minimum atomic E-state index is -3.05. The summed E-state index contributed by atoms with van der Waals surface area (Å²) in [5.74, 6) is -0.0271. The van der Waals surface area contributed by atoms with E-state index in [4.69, 9.17) is 0 Å². The van der Waals surface area contributed by atoms with Crippen LogP contribution in [0.5, 0.6) is 0 Å². The Morgan fingerprint density at radius 2 is 2.09 bits per heavy atom. The number of carbonyl (C=O) groups is 1. The monoisotopic (exact) mass is 324 g/mol. The first-order valence-corrected chi connectivity index (χ1v) is 9.64. The number of carbonyl (C=O) groups excluding carboxylic acids is 1. The van der Waals surface area contributed by atoms with Gasteiger partial charge in [0.05, 0.1) is 11.8 Å². The van der Waals surface area contributed by atoms with Gasteiger partial charge in [0, 0.05) is 19.3 Å². The maximum atomic E-state index is 12.3. The topological polar surface area (TPSA) is 66.5 Å². The number of nitrogens with one attached hydrogen (secondary N) is 1. The average molecular weight is 324 g/mol. The van der Waals surface area contributed by atoms with Crippen LogP contribution in [0.15, 0.2) is 18.2 Å². The Morgan fingerprint density at radius 3 is 2.77 bits per heavy atom. The number of likely N-dealkylation sites (tertiary alicyclic amines) is 1. The van der Waals surface area contributed by atoms with Crippen LogP contribution in [-0.4, -0.2) is 44.4 Å². The van der Waals surface area contributed by atoms with E-state index in [0.29, 0.717) is 6.54 Å². The molecule has 0 radical (unpaired) electrons. The molecule has 1 aromatic carbocycles. The molecular formula is C16H24N2O3S. The maximum absolute atomic E-state index is 12.3. The van der Waals surface area contributed by atoms with E-state index in [0.717, 1.165) is 12.8 Å². The Kier molecular flexibility index (Phi) is 5.11. The van der Waals surface area contributed by atoms with E-state index >= 15 is 0 Å². The second-order valence-corrected chi connectivity index (χ2v) is 8.26. The standard InChI is InChI=1S/C16H24N2O3S/c1-12-6-4-7-14(13(12)2)15-8-5-10-18(15)16(19)17-9-11-22(3,20)21/h4,6-7,15H,5,8-11H2,1-3H3,(H,17,19)/t15-/m1/s1. The lowest BCUT2D eigenvalue weighted by Crippen LogP contribution is -2.41. The predicted octanol–water partition coefficient (Wildman–Crippen LogP) is 2.19. The summed E-state index contributed by atoms with van der Waals surface area (Å²) in [6, 6.07) is 6.08. The van der Waals surface area contributed by atoms with Crippen molar-refractivity contribution in [3.8, 4) is 0 Å². The first kappa shape index (κ1) is 16.8. The third-order valence-electron chi connectivity index (χ3n) is 4.27. The van der Waals surface area contributed by atoms with Crippen molar-refractivity contribution in [3.05, 3.63) is 34.9 Å². The van der Waals surface area contributed by atoms with Crippen molar-refractivity contribution < 1.29 is 13.2 Å². The molecule has 2 rings (SSSR count). The third-order valence-corrected chi connectivity index (χ3v) is 5.21. The van der Waals surface area contributed by atoms with Crippen molar-refractivity contribution in [2.45, 2.75) is 32.7 Å². The molecule has 5 nitrogen and oxygen atoms in total. The fourth-order valence-corrected chi connectivity index (χ4v) is 3.39. The molecule has 1 atom stereocenters. The van der Waals surface area contributed by atoms with E-state index in [9.17, 15) is 13.2 Å². The van der Waals surface area contributed by atoms with Crippen LogP contribution in [0.2, 0.25) is 0 Å². The van der Waals surface area contributed by atoms with Crippen molar-refractivity contribution in [1.29, 1.82) is 0 Å². The minimum absolute atomic E-state index is 0.0271. The summed E-state index contributed by atoms with van der Waals surface area (Å²) in [4.78, 5) is 14.2. The number of rotatable bonds is 4. The van der Waals surface area contributed by atoms with Gasteiger partial charge in [0.25, 0.3) is 0 Å². The van der Waals surface area contributed by atoms with Gasteiger partial charge < -0.3 is 10.2 Å². The van der Waals surface area contributed by atoms with Crippen LogP contribution in [0.4, 0.5) is 4.79 Å². The lowest BCUT2D eigenvalue weighted by atomic mass is 9.96. The Labute approximate surface area is 132 Å². The maximum Gasteiger partial charge on any atom is 0.317 e. The summed E-state index contributed by atoms with van der Waals surface area (Å²) >= 11 is 0. The molecule has 2 amide bonds. The third kappa shape index (κ3) is 4.00. The lowest BCUT2D eigenvalue weighted by molar-refractivity contribution is 0.193. The van der Waals surface area contributed by atoms with Crippen molar-refractivity contribution >= 4 is 15.9 Å². The van der Waals surface area contributed by atoms with Crippen molar-refractivity contribution in [2.75, 3.05) is 25.1 Å². The molecule has 122 valence electrons. The number of hydrogen-bond donors (Lipinski definition) is 1. The molecule has 6 heteroatoms. The van der Waals surface area contributed by atoms with Gasteiger partial charge in [0.15, 0.2) is 0 Å². The van der Waals surface area contributed by atoms with E-state index in [1.807, 2.05) is 11.0 Å². The van der Waals surface area contributed by atoms with Gasteiger partial charge in [0.2, 0.25) is 0 Å². The normalized spacial score (nSPS) is 18.5. The van der Waals surface area contributed by atoms with Crippen molar-refractivity contribution in [1.82, 2.24) is 10.2 Å². The molecule has 1 fully saturated rings. The van der Waals surface area contributed by atoms with Crippen LogP contribution < -0.4 is 5.32 Å². The molecule has 1 heterocycles. The first-order valence-electron chi connectivity index (χ1n) is 7.58. The molecule has 0 aliphatic carbocycles. The van der Waals surface area contributed by atoms with Crippen LogP contribution in [0.3, 0.4) is 0 Å². The van der Waals surface area contributed by atoms with Gasteiger partial charge in [-0.05, 0) is 43.4 Å². The predicted molar refractivity (Wildman–Crippen MR) is 87.7 cm³/mol. The quantitative estimate of drug-likeness (QED) is 0.923. The first-order chi connectivity index (χ1) is 10.3. The second kappa shape index (κ2) is 6.69. The van der Waals surface area contributed by atoms with Gasteiger partial charge in [-0.3, -0.25) is 0 Å². The molecule has 0 unspecified atom stereocenters. The zero-order valence-electron chi connectivity index (χ0n) is 13.4. The highest BCUT2D eigenvalue weighted by Crippen LogP contribution is 2.34. The highest BCUT2D eigenvalue weighted by atomic mass is 32.2. The summed E-state index contributed by atoms with van der Waals surface area (Å²) in [5, 5.41) is 2.72. The van der Waals surface area contributed by atoms with Gasteiger partial charge in [-0.2, -0.15) is 0 Å². The fraction of sp³-hybridized carbons (Fsp3) is 0.562. The van der Waals surface area contributed by atoms with Crippen LogP contribution in [0, 0.1) is 13.8 Å². The van der Waals surface area contributed by atoms with E-state index in [1.165, 1.54) is 22.9 Å². The van der Waals surface area contributed by atoms with Crippen molar-refractivity contribution in [3.63, 3.8) is 0 Å². The van der Waals surface area contributed by atoms with Gasteiger partial charge >= 0.3 is 6.03 Å². The molecule has 1 aliphatic heterocycles. The summed E-state index contributed by atoms with van der Waals surface area (Å²) in [6.45, 7) is 5.03. The van der Waals surface area contributed by atoms with Crippen LogP contribution >= 0.6 is 0 Å². The van der Waals surface area contributed by atoms with E-state index in [-0.39, 0.29) is 24.4 Å². The minimum Gasteiger partial charge on any atom is -0.337 e. The summed E-state index contributed by atoms with van der Waals surface area (Å²) in [6.07, 6.45) is 3.09. The largest absolute Gasteiger partial charge is 0.337 e. The SMILES string of the molecule is Cc1cccc([C@H]2CCCN2C(=O)NCCS(C)(=O)=O)c1C. The Hall–Kier alpha value is -1.56. The van der Waals surface area contributed by atoms with Gasteiger partial charge in [-0.15, -0.1) is 0 Å². The number of sulfone groups is 1. The van der Waals surface area contributed by atoms with Gasteiger partial charge in [-0.1, -0.05) is 18.2 Å². The Morgan fingerprint density at radius 1 is 1.36 bits per heavy atom. The van der Waals surface area contributed by atoms with Gasteiger partial charge in [-0.25, -0.2) is 13.2 Å². The Balaban J connectivity index is 2.07. The number of nitrogens with zero attached hydrogens (tertiary/aromatic N) is 1. The average Bonchev–Trinajstić information content (AvgIpc) is 2.89. The van der Waals surface area contributed by atoms with E-state index < -0.39 is 9.84 Å². The number of benzene rings is 1. The molecule has 1 saturated heterocycles. The summed E-state index contributed by atoms with van der Waals surface area (Å²) in [5.41, 5.74) is 3.64. The highest BCUT2D eigenvalue weighted by molar-refractivity contribution is 7.90. The number of amides is 2. The molecule has 22 heavy (non-hydrogen) atoms. The molecule has 0 bridgehead atoms. The summed E-state index contributed by atoms with van der Waals surface area (Å²) < 4.78 is 22.3. The smallest absolute Gasteiger partial charge is 0.317 e. The zero-order chi connectivity index (χ0) is 16.3. The fourth-order valence-electron chi connectivity index (χ4n) is 2.91. The van der Waals surface area contributed by atoms with Crippen LogP contribution in [0.25, 0.3) is 0 Å². The molecule has 0 saturated carbocycles. The van der Waals surface area contributed by atoms with E-state index in [1.54, 1.807) is 0 Å². The number of hydrogen-bond acceptors (Lipinski definition) is 3. The summed E-state index contributed by atoms with van der Waals surface area (Å²) in [7, 11) is -3.05. The molecule has 0 spiro atoms. The van der Waals surface area contributed by atoms with Crippen LogP contribution in [-0.2, 0) is 9.84 Å². The lowest BCUT2D eigenvalue weighted by Gasteiger charge is -2.27. The molecular weight excluding hydrogens is 300 g/mol.